The summed E-state index contributed by atoms with van der Waals surface area (Å²) in [6.45, 7) is 3.64. The molecule has 0 aromatic carbocycles. The zero-order valence-corrected chi connectivity index (χ0v) is 54.3. The average molecular weight is 1180 g/mol. The van der Waals surface area contributed by atoms with Gasteiger partial charge in [0.15, 0.2) is 6.10 Å². The first-order valence-electron chi connectivity index (χ1n) is 34.0. The van der Waals surface area contributed by atoms with Crippen molar-refractivity contribution in [1.82, 2.24) is 0 Å². The monoisotopic (exact) mass is 1180 g/mol. The molecule has 0 fully saturated rings. The fourth-order valence-electron chi connectivity index (χ4n) is 9.33. The van der Waals surface area contributed by atoms with E-state index in [1.54, 1.807) is 0 Å². The number of rotatable bonds is 63. The maximum atomic E-state index is 12.8. The minimum absolute atomic E-state index is 0.0479. The number of carbonyl (C=O) groups excluding carboxylic acids is 2. The summed E-state index contributed by atoms with van der Waals surface area (Å²) in [5.41, 5.74) is 5.40. The third kappa shape index (κ3) is 67.4. The Morgan fingerprint density at radius 1 is 0.373 bits per heavy atom. The van der Waals surface area contributed by atoms with Gasteiger partial charge in [-0.05, 0) is 109 Å². The number of ether oxygens (including phenoxy) is 2. The summed E-state index contributed by atoms with van der Waals surface area (Å²) in [6.07, 6.45) is 94.2. The van der Waals surface area contributed by atoms with Gasteiger partial charge in [0.25, 0.3) is 0 Å². The van der Waals surface area contributed by atoms with Gasteiger partial charge in [0.05, 0.1) is 13.2 Å². The molecule has 9 nitrogen and oxygen atoms in total. The van der Waals surface area contributed by atoms with Crippen LogP contribution in [-0.2, 0) is 32.7 Å². The van der Waals surface area contributed by atoms with E-state index in [4.69, 9.17) is 24.3 Å². The minimum Gasteiger partial charge on any atom is -0.462 e. The van der Waals surface area contributed by atoms with Gasteiger partial charge in [-0.15, -0.1) is 0 Å². The standard InChI is InChI=1S/C73H126NO8P/c1-3-5-7-9-11-13-15-17-19-21-23-25-27-29-30-31-32-33-34-35-36-37-38-39-40-42-44-46-48-50-52-54-56-58-60-62-64-66-73(76)82-71(70-81-83(77,78)80-68-67-74)69-79-72(75)65-63-61-59-57-55-53-51-49-47-45-43-41-28-26-24-22-20-18-16-14-12-10-8-6-4-2/h5,7,11,13,17,19,22-25,29-30,32-33,35-36,38-39,42,44,71H,3-4,6,8-10,12,14-16,18,20-21,26-28,31,34,37,40-41,43,45-70,74H2,1-2H3,(H,77,78)/b7-5-,13-11-,19-17-,24-22-,25-23-,30-29-,33-32-,36-35-,39-38-,44-42-. The molecule has 83 heavy (non-hydrogen) atoms. The van der Waals surface area contributed by atoms with Crippen LogP contribution in [0.5, 0.6) is 0 Å². The van der Waals surface area contributed by atoms with E-state index in [0.29, 0.717) is 6.42 Å². The van der Waals surface area contributed by atoms with Crippen molar-refractivity contribution in [1.29, 1.82) is 0 Å². The van der Waals surface area contributed by atoms with E-state index in [1.807, 2.05) is 0 Å². The Bertz CT molecular complexity index is 1770. The molecule has 0 rings (SSSR count). The normalized spacial score (nSPS) is 13.7. The second-order valence-electron chi connectivity index (χ2n) is 22.3. The number of phosphoric ester groups is 1. The molecule has 0 spiro atoms. The Morgan fingerprint density at radius 2 is 0.663 bits per heavy atom. The molecule has 0 aliphatic heterocycles. The number of hydrogen-bond acceptors (Lipinski definition) is 8. The molecule has 0 aromatic heterocycles. The Kier molecular flexibility index (Phi) is 64.6. The van der Waals surface area contributed by atoms with Crippen LogP contribution in [0.15, 0.2) is 122 Å². The molecule has 0 bridgehead atoms. The van der Waals surface area contributed by atoms with Crippen molar-refractivity contribution < 1.29 is 37.6 Å². The molecular weight excluding hydrogens is 1050 g/mol. The van der Waals surface area contributed by atoms with Crippen molar-refractivity contribution in [2.45, 2.75) is 302 Å². The van der Waals surface area contributed by atoms with Gasteiger partial charge in [-0.1, -0.05) is 296 Å². The summed E-state index contributed by atoms with van der Waals surface area (Å²) in [7, 11) is -4.40. The zero-order valence-electron chi connectivity index (χ0n) is 53.4. The smallest absolute Gasteiger partial charge is 0.462 e. The third-order valence-electron chi connectivity index (χ3n) is 14.3. The van der Waals surface area contributed by atoms with Gasteiger partial charge in [0.1, 0.15) is 6.61 Å². The molecule has 2 unspecified atom stereocenters. The zero-order chi connectivity index (χ0) is 60.1. The van der Waals surface area contributed by atoms with E-state index in [-0.39, 0.29) is 38.6 Å². The molecule has 0 aromatic rings. The first-order valence-corrected chi connectivity index (χ1v) is 35.5. The lowest BCUT2D eigenvalue weighted by Gasteiger charge is -2.19. The first-order chi connectivity index (χ1) is 40.8. The van der Waals surface area contributed by atoms with Crippen LogP contribution in [0, 0.1) is 0 Å². The van der Waals surface area contributed by atoms with E-state index >= 15 is 0 Å². The fraction of sp³-hybridized carbons (Fsp3) is 0.699. The summed E-state index contributed by atoms with van der Waals surface area (Å²) in [5, 5.41) is 0. The van der Waals surface area contributed by atoms with Crippen molar-refractivity contribution in [2.24, 2.45) is 5.73 Å². The molecule has 0 amide bonds. The molecule has 2 atom stereocenters. The van der Waals surface area contributed by atoms with E-state index in [9.17, 15) is 19.0 Å². The highest BCUT2D eigenvalue weighted by molar-refractivity contribution is 7.47. The SMILES string of the molecule is CC/C=C\C/C=C\C/C=C\C/C=C\C/C=C\C/C=C\C/C=C\C/C=C\C/C=C\CCCCCCCCCCCC(=O)OC(COC(=O)CCCCCCCCCCCCCCC/C=C\CCCCCCCCCC)COP(=O)(O)OCCN. The van der Waals surface area contributed by atoms with Crippen LogP contribution in [0.3, 0.4) is 0 Å². The first kappa shape index (κ1) is 79.4. The van der Waals surface area contributed by atoms with Crippen LogP contribution in [0.2, 0.25) is 0 Å². The highest BCUT2D eigenvalue weighted by atomic mass is 31.2. The van der Waals surface area contributed by atoms with E-state index in [0.717, 1.165) is 103 Å². The number of carbonyl (C=O) groups is 2. The van der Waals surface area contributed by atoms with Gasteiger partial charge in [0, 0.05) is 19.4 Å². The number of esters is 2. The maximum Gasteiger partial charge on any atom is 0.472 e. The fourth-order valence-corrected chi connectivity index (χ4v) is 10.1. The molecule has 0 aliphatic carbocycles. The maximum absolute atomic E-state index is 12.8. The van der Waals surface area contributed by atoms with Crippen LogP contribution in [-0.4, -0.2) is 49.3 Å². The topological polar surface area (TPSA) is 134 Å². The van der Waals surface area contributed by atoms with Gasteiger partial charge in [-0.2, -0.15) is 0 Å². The third-order valence-corrected chi connectivity index (χ3v) is 15.3. The van der Waals surface area contributed by atoms with E-state index in [2.05, 4.69) is 135 Å². The predicted octanol–water partition coefficient (Wildman–Crippen LogP) is 22.3. The van der Waals surface area contributed by atoms with E-state index < -0.39 is 26.5 Å². The summed E-state index contributed by atoms with van der Waals surface area (Å²) in [4.78, 5) is 35.3. The average Bonchev–Trinajstić information content (AvgIpc) is 3.49. The Morgan fingerprint density at radius 3 is 1.00 bits per heavy atom. The lowest BCUT2D eigenvalue weighted by atomic mass is 10.0. The van der Waals surface area contributed by atoms with Crippen LogP contribution in [0.1, 0.15) is 296 Å². The minimum atomic E-state index is -4.40. The summed E-state index contributed by atoms with van der Waals surface area (Å²) < 4.78 is 33.2. The van der Waals surface area contributed by atoms with Gasteiger partial charge in [-0.3, -0.25) is 18.6 Å². The van der Waals surface area contributed by atoms with Crippen molar-refractivity contribution >= 4 is 19.8 Å². The molecule has 0 saturated heterocycles. The molecule has 0 heterocycles. The molecule has 10 heteroatoms. The largest absolute Gasteiger partial charge is 0.472 e. The van der Waals surface area contributed by atoms with Crippen LogP contribution >= 0.6 is 7.82 Å². The van der Waals surface area contributed by atoms with Crippen molar-refractivity contribution in [3.8, 4) is 0 Å². The van der Waals surface area contributed by atoms with Crippen molar-refractivity contribution in [2.75, 3.05) is 26.4 Å². The van der Waals surface area contributed by atoms with Crippen molar-refractivity contribution in [3.05, 3.63) is 122 Å². The Labute approximate surface area is 511 Å². The van der Waals surface area contributed by atoms with Gasteiger partial charge >= 0.3 is 19.8 Å². The van der Waals surface area contributed by atoms with E-state index in [1.165, 1.54) is 161 Å². The molecule has 0 saturated carbocycles. The van der Waals surface area contributed by atoms with Crippen LogP contribution in [0.4, 0.5) is 0 Å². The summed E-state index contributed by atoms with van der Waals surface area (Å²) in [5.74, 6) is -0.832. The molecule has 0 radical (unpaired) electrons. The van der Waals surface area contributed by atoms with Crippen LogP contribution in [0.25, 0.3) is 0 Å². The van der Waals surface area contributed by atoms with Gasteiger partial charge in [-0.25, -0.2) is 4.57 Å². The predicted molar refractivity (Wildman–Crippen MR) is 358 cm³/mol. The van der Waals surface area contributed by atoms with Crippen molar-refractivity contribution in [3.63, 3.8) is 0 Å². The molecule has 3 N–H and O–H groups in total. The molecule has 476 valence electrons. The summed E-state index contributed by atoms with van der Waals surface area (Å²) in [6, 6.07) is 0. The number of allylic oxidation sites excluding steroid dienone is 20. The lowest BCUT2D eigenvalue weighted by Crippen LogP contribution is -2.29. The number of nitrogens with two attached hydrogens (primary N) is 1. The van der Waals surface area contributed by atoms with Gasteiger partial charge < -0.3 is 20.1 Å². The molecule has 0 aliphatic rings. The Balaban J connectivity index is 3.96. The number of hydrogen-bond donors (Lipinski definition) is 2. The van der Waals surface area contributed by atoms with Crippen LogP contribution < -0.4 is 5.73 Å². The lowest BCUT2D eigenvalue weighted by molar-refractivity contribution is -0.161. The second kappa shape index (κ2) is 67.5. The Hall–Kier alpha value is -3.59. The number of phosphoric acid groups is 1. The molecular formula is C73H126NO8P. The second-order valence-corrected chi connectivity index (χ2v) is 23.8. The summed E-state index contributed by atoms with van der Waals surface area (Å²) >= 11 is 0. The number of unbranched alkanes of at least 4 members (excludes halogenated alkanes) is 30. The highest BCUT2D eigenvalue weighted by Crippen LogP contribution is 2.43. The highest BCUT2D eigenvalue weighted by Gasteiger charge is 2.26. The quantitative estimate of drug-likeness (QED) is 0.0264. The van der Waals surface area contributed by atoms with Gasteiger partial charge in [0.2, 0.25) is 0 Å².